The third-order valence-electron chi connectivity index (χ3n) is 5.73. The zero-order valence-electron chi connectivity index (χ0n) is 17.2. The molecule has 0 aliphatic carbocycles. The van der Waals surface area contributed by atoms with Gasteiger partial charge in [-0.2, -0.15) is 0 Å². The van der Waals surface area contributed by atoms with Gasteiger partial charge in [0.25, 0.3) is 0 Å². The molecule has 25 heavy (non-hydrogen) atoms. The van der Waals surface area contributed by atoms with Crippen molar-refractivity contribution in [2.45, 2.75) is 71.6 Å². The topological polar surface area (TPSA) is 13.0 Å². The van der Waals surface area contributed by atoms with Gasteiger partial charge in [-0.3, -0.25) is 19.6 Å². The molecule has 0 aromatic rings. The fraction of sp³-hybridized carbons (Fsp3) is 1.00. The van der Waals surface area contributed by atoms with Crippen molar-refractivity contribution < 1.29 is 0 Å². The van der Waals surface area contributed by atoms with Crippen LogP contribution in [0.5, 0.6) is 0 Å². The Kier molecular flexibility index (Phi) is 11.1. The van der Waals surface area contributed by atoms with Gasteiger partial charge in [0, 0.05) is 26.2 Å². The molecule has 2 aliphatic rings. The molecule has 148 valence electrons. The summed E-state index contributed by atoms with van der Waals surface area (Å²) in [6.45, 7) is 17.5. The number of nitrogens with zero attached hydrogens (tertiary/aromatic N) is 4. The maximum atomic E-state index is 2.68. The second kappa shape index (κ2) is 13.1. The third-order valence-corrected chi connectivity index (χ3v) is 5.73. The highest BCUT2D eigenvalue weighted by Crippen LogP contribution is 2.11. The lowest BCUT2D eigenvalue weighted by atomic mass is 10.1. The van der Waals surface area contributed by atoms with Crippen molar-refractivity contribution in [2.24, 2.45) is 0 Å². The van der Waals surface area contributed by atoms with E-state index in [2.05, 4.69) is 33.4 Å². The minimum atomic E-state index is 1.22. The van der Waals surface area contributed by atoms with E-state index in [9.17, 15) is 0 Å². The smallest absolute Gasteiger partial charge is 0.0506 e. The Labute approximate surface area is 157 Å². The molecular formula is C21H44N4. The van der Waals surface area contributed by atoms with Gasteiger partial charge in [-0.05, 0) is 64.7 Å². The minimum absolute atomic E-state index is 1.22. The van der Waals surface area contributed by atoms with E-state index in [1.165, 1.54) is 123 Å². The SMILES string of the molecule is CCCN1CCCN(CCCCCCCN2CCCN(CCC)C2)C1. The summed E-state index contributed by atoms with van der Waals surface area (Å²) in [5, 5.41) is 0. The highest BCUT2D eigenvalue weighted by atomic mass is 15.3. The molecule has 0 bridgehead atoms. The molecule has 0 aromatic carbocycles. The first-order valence-corrected chi connectivity index (χ1v) is 11.2. The molecule has 0 N–H and O–H groups in total. The van der Waals surface area contributed by atoms with Crippen LogP contribution in [0, 0.1) is 0 Å². The molecule has 0 atom stereocenters. The summed E-state index contributed by atoms with van der Waals surface area (Å²) in [7, 11) is 0. The molecule has 4 heteroatoms. The lowest BCUT2D eigenvalue weighted by molar-refractivity contribution is 0.0829. The van der Waals surface area contributed by atoms with Crippen LogP contribution in [0.2, 0.25) is 0 Å². The first-order chi connectivity index (χ1) is 12.3. The zero-order valence-corrected chi connectivity index (χ0v) is 17.2. The molecule has 0 amide bonds. The third kappa shape index (κ3) is 8.85. The van der Waals surface area contributed by atoms with E-state index in [-0.39, 0.29) is 0 Å². The Morgan fingerprint density at radius 1 is 0.480 bits per heavy atom. The first-order valence-electron chi connectivity index (χ1n) is 11.2. The molecule has 0 saturated carbocycles. The quantitative estimate of drug-likeness (QED) is 0.497. The number of unbranched alkanes of at least 4 members (excludes halogenated alkanes) is 4. The molecule has 0 aromatic heterocycles. The second-order valence-corrected chi connectivity index (χ2v) is 8.23. The van der Waals surface area contributed by atoms with Gasteiger partial charge < -0.3 is 0 Å². The highest BCUT2D eigenvalue weighted by molar-refractivity contribution is 4.69. The van der Waals surface area contributed by atoms with E-state index in [4.69, 9.17) is 0 Å². The maximum absolute atomic E-state index is 2.68. The van der Waals surface area contributed by atoms with E-state index >= 15 is 0 Å². The van der Waals surface area contributed by atoms with Crippen molar-refractivity contribution in [2.75, 3.05) is 65.7 Å². The van der Waals surface area contributed by atoms with Gasteiger partial charge in [0.05, 0.1) is 13.3 Å². The molecule has 2 heterocycles. The van der Waals surface area contributed by atoms with Crippen molar-refractivity contribution in [3.05, 3.63) is 0 Å². The van der Waals surface area contributed by atoms with Crippen LogP contribution in [0.25, 0.3) is 0 Å². The summed E-state index contributed by atoms with van der Waals surface area (Å²) in [6.07, 6.45) is 12.4. The summed E-state index contributed by atoms with van der Waals surface area (Å²) in [6, 6.07) is 0. The van der Waals surface area contributed by atoms with Crippen molar-refractivity contribution in [1.29, 1.82) is 0 Å². The fourth-order valence-corrected chi connectivity index (χ4v) is 4.45. The molecular weight excluding hydrogens is 308 g/mol. The summed E-state index contributed by atoms with van der Waals surface area (Å²) < 4.78 is 0. The highest BCUT2D eigenvalue weighted by Gasteiger charge is 2.16. The van der Waals surface area contributed by atoms with Crippen molar-refractivity contribution in [3.63, 3.8) is 0 Å². The Morgan fingerprint density at radius 3 is 1.24 bits per heavy atom. The van der Waals surface area contributed by atoms with Gasteiger partial charge in [-0.1, -0.05) is 33.1 Å². The minimum Gasteiger partial charge on any atom is -0.290 e. The Bertz CT molecular complexity index is 289. The first kappa shape index (κ1) is 21.1. The number of hydrogen-bond donors (Lipinski definition) is 0. The molecule has 0 unspecified atom stereocenters. The van der Waals surface area contributed by atoms with Gasteiger partial charge in [-0.15, -0.1) is 0 Å². The largest absolute Gasteiger partial charge is 0.290 e. The van der Waals surface area contributed by atoms with Crippen LogP contribution >= 0.6 is 0 Å². The van der Waals surface area contributed by atoms with Crippen LogP contribution in [-0.4, -0.2) is 85.3 Å². The lowest BCUT2D eigenvalue weighted by Crippen LogP contribution is -2.45. The van der Waals surface area contributed by atoms with Crippen LogP contribution in [0.1, 0.15) is 71.6 Å². The summed E-state index contributed by atoms with van der Waals surface area (Å²) in [5.74, 6) is 0. The Morgan fingerprint density at radius 2 is 0.840 bits per heavy atom. The zero-order chi connectivity index (χ0) is 17.7. The molecule has 4 nitrogen and oxygen atoms in total. The molecule has 0 radical (unpaired) electrons. The predicted molar refractivity (Wildman–Crippen MR) is 109 cm³/mol. The van der Waals surface area contributed by atoms with E-state index in [1.54, 1.807) is 0 Å². The molecule has 2 rings (SSSR count). The second-order valence-electron chi connectivity index (χ2n) is 8.23. The van der Waals surface area contributed by atoms with Crippen LogP contribution < -0.4 is 0 Å². The molecule has 2 fully saturated rings. The monoisotopic (exact) mass is 352 g/mol. The van der Waals surface area contributed by atoms with Gasteiger partial charge in [0.15, 0.2) is 0 Å². The Balaban J connectivity index is 1.43. The van der Waals surface area contributed by atoms with Gasteiger partial charge in [0.2, 0.25) is 0 Å². The fourth-order valence-electron chi connectivity index (χ4n) is 4.45. The molecule has 2 aliphatic heterocycles. The number of rotatable bonds is 12. The molecule has 0 spiro atoms. The Hall–Kier alpha value is -0.160. The van der Waals surface area contributed by atoms with Crippen LogP contribution in [0.4, 0.5) is 0 Å². The average molecular weight is 353 g/mol. The summed E-state index contributed by atoms with van der Waals surface area (Å²) >= 11 is 0. The summed E-state index contributed by atoms with van der Waals surface area (Å²) in [4.78, 5) is 10.6. The van der Waals surface area contributed by atoms with E-state index < -0.39 is 0 Å². The number of hydrogen-bond acceptors (Lipinski definition) is 4. The predicted octanol–water partition coefficient (Wildman–Crippen LogP) is 3.69. The van der Waals surface area contributed by atoms with Crippen molar-refractivity contribution >= 4 is 0 Å². The average Bonchev–Trinajstić information content (AvgIpc) is 2.62. The van der Waals surface area contributed by atoms with Crippen molar-refractivity contribution in [3.8, 4) is 0 Å². The summed E-state index contributed by atoms with van der Waals surface area (Å²) in [5.41, 5.74) is 0. The van der Waals surface area contributed by atoms with Gasteiger partial charge >= 0.3 is 0 Å². The van der Waals surface area contributed by atoms with Gasteiger partial charge in [-0.25, -0.2) is 0 Å². The van der Waals surface area contributed by atoms with Gasteiger partial charge in [0.1, 0.15) is 0 Å². The maximum Gasteiger partial charge on any atom is 0.0506 e. The molecule has 2 saturated heterocycles. The lowest BCUT2D eigenvalue weighted by Gasteiger charge is -2.35. The van der Waals surface area contributed by atoms with E-state index in [0.717, 1.165) is 0 Å². The van der Waals surface area contributed by atoms with E-state index in [0.29, 0.717) is 0 Å². The standard InChI is InChI=1S/C21H44N4/c1-3-12-22-16-10-18-24(20-22)14-8-6-5-7-9-15-25-19-11-17-23(21-25)13-4-2/h3-21H2,1-2H3. The normalized spacial score (nSPS) is 21.8. The van der Waals surface area contributed by atoms with Crippen LogP contribution in [-0.2, 0) is 0 Å². The van der Waals surface area contributed by atoms with E-state index in [1.807, 2.05) is 0 Å². The van der Waals surface area contributed by atoms with Crippen LogP contribution in [0.3, 0.4) is 0 Å². The van der Waals surface area contributed by atoms with Crippen molar-refractivity contribution in [1.82, 2.24) is 19.6 Å². The van der Waals surface area contributed by atoms with Crippen LogP contribution in [0.15, 0.2) is 0 Å².